The van der Waals surface area contributed by atoms with Gasteiger partial charge >= 0.3 is 0 Å². The monoisotopic (exact) mass is 431 g/mol. The number of hydrogen-bond donors (Lipinski definition) is 3. The molecule has 0 aliphatic carbocycles. The van der Waals surface area contributed by atoms with E-state index in [2.05, 4.69) is 31.5 Å². The van der Waals surface area contributed by atoms with Gasteiger partial charge < -0.3 is 20.4 Å². The quantitative estimate of drug-likeness (QED) is 0.535. The number of benzene rings is 2. The van der Waals surface area contributed by atoms with Crippen molar-refractivity contribution in [3.63, 3.8) is 0 Å². The van der Waals surface area contributed by atoms with Gasteiger partial charge in [0.05, 0.1) is 12.6 Å². The third kappa shape index (κ3) is 4.62. The lowest BCUT2D eigenvalue weighted by Gasteiger charge is -2.11. The van der Waals surface area contributed by atoms with Crippen LogP contribution in [-0.4, -0.2) is 23.8 Å². The topological polar surface area (TPSA) is 66.2 Å². The fourth-order valence-electron chi connectivity index (χ4n) is 2.59. The minimum Gasteiger partial charge on any atom is -0.497 e. The van der Waals surface area contributed by atoms with Crippen LogP contribution in [0.5, 0.6) is 5.75 Å². The number of halogens is 1. The molecule has 0 aliphatic rings. The summed E-state index contributed by atoms with van der Waals surface area (Å²) in [6, 6.07) is 15.3. The lowest BCUT2D eigenvalue weighted by molar-refractivity contribution is 0.415. The fraction of sp³-hybridized carbons (Fsp3) is 0.158. The number of ether oxygens (including phenoxy) is 1. The molecule has 2 aromatic carbocycles. The summed E-state index contributed by atoms with van der Waals surface area (Å²) in [6.45, 7) is 0.560. The number of pyridine rings is 1. The molecular weight excluding hydrogens is 414 g/mol. The first kappa shape index (κ1) is 18.4. The molecule has 0 atom stereocenters. The van der Waals surface area contributed by atoms with E-state index >= 15 is 0 Å². The van der Waals surface area contributed by atoms with Gasteiger partial charge in [-0.25, -0.2) is 0 Å². The predicted octanol–water partition coefficient (Wildman–Crippen LogP) is 3.83. The molecule has 0 unspecified atom stereocenters. The van der Waals surface area contributed by atoms with Gasteiger partial charge in [-0.3, -0.25) is 4.79 Å². The van der Waals surface area contributed by atoms with Gasteiger partial charge in [0, 0.05) is 28.3 Å². The standard InChI is InChI=1S/C19H18BrN3O2S/c1-25-16-6-5-12-9-13(18(24)23-17(12)11-16)7-8-21-19(26)22-15-4-2-3-14(20)10-15/h2-6,9-11H,7-8H2,1H3,(H,23,24)(H2,21,22,26). The summed E-state index contributed by atoms with van der Waals surface area (Å²) >= 11 is 8.72. The molecule has 0 aliphatic heterocycles. The Labute approximate surface area is 164 Å². The highest BCUT2D eigenvalue weighted by Gasteiger charge is 2.05. The number of hydrogen-bond acceptors (Lipinski definition) is 3. The third-order valence-electron chi connectivity index (χ3n) is 3.89. The van der Waals surface area contributed by atoms with Gasteiger partial charge in [-0.15, -0.1) is 0 Å². The van der Waals surface area contributed by atoms with Crippen LogP contribution in [0.4, 0.5) is 5.69 Å². The number of rotatable bonds is 5. The van der Waals surface area contributed by atoms with E-state index in [0.717, 1.165) is 21.1 Å². The molecule has 0 amide bonds. The normalized spacial score (nSPS) is 10.5. The van der Waals surface area contributed by atoms with E-state index in [1.54, 1.807) is 7.11 Å². The number of nitrogens with one attached hydrogen (secondary N) is 3. The third-order valence-corrected chi connectivity index (χ3v) is 4.63. The first-order valence-corrected chi connectivity index (χ1v) is 9.25. The Kier molecular flexibility index (Phi) is 5.90. The molecule has 0 spiro atoms. The first-order chi connectivity index (χ1) is 12.5. The largest absolute Gasteiger partial charge is 0.497 e. The molecule has 26 heavy (non-hydrogen) atoms. The van der Waals surface area contributed by atoms with Crippen LogP contribution in [0.2, 0.25) is 0 Å². The predicted molar refractivity (Wildman–Crippen MR) is 113 cm³/mol. The lowest BCUT2D eigenvalue weighted by Crippen LogP contribution is -2.31. The van der Waals surface area contributed by atoms with Gasteiger partial charge in [0.1, 0.15) is 5.75 Å². The molecule has 3 aromatic rings. The Morgan fingerprint density at radius 1 is 1.23 bits per heavy atom. The smallest absolute Gasteiger partial charge is 0.251 e. The van der Waals surface area contributed by atoms with Crippen LogP contribution in [0.25, 0.3) is 10.9 Å². The molecule has 134 valence electrons. The van der Waals surface area contributed by atoms with Gasteiger partial charge in [0.25, 0.3) is 5.56 Å². The van der Waals surface area contributed by atoms with Crippen LogP contribution in [0.3, 0.4) is 0 Å². The van der Waals surface area contributed by atoms with Crippen molar-refractivity contribution in [3.05, 3.63) is 68.9 Å². The first-order valence-electron chi connectivity index (χ1n) is 8.05. The SMILES string of the molecule is COc1ccc2cc(CCNC(=S)Nc3cccc(Br)c3)c(=O)[nH]c2c1. The van der Waals surface area contributed by atoms with E-state index in [9.17, 15) is 4.79 Å². The van der Waals surface area contributed by atoms with Crippen LogP contribution in [0.15, 0.2) is 57.8 Å². The molecule has 0 radical (unpaired) electrons. The van der Waals surface area contributed by atoms with Crippen molar-refractivity contribution in [1.29, 1.82) is 0 Å². The maximum absolute atomic E-state index is 12.3. The number of aromatic amines is 1. The highest BCUT2D eigenvalue weighted by Crippen LogP contribution is 2.18. The van der Waals surface area contributed by atoms with E-state index in [4.69, 9.17) is 17.0 Å². The zero-order chi connectivity index (χ0) is 18.5. The number of aromatic nitrogens is 1. The average molecular weight is 432 g/mol. The lowest BCUT2D eigenvalue weighted by atomic mass is 10.1. The summed E-state index contributed by atoms with van der Waals surface area (Å²) in [5.74, 6) is 0.714. The summed E-state index contributed by atoms with van der Waals surface area (Å²) in [4.78, 5) is 15.2. The molecular formula is C19H18BrN3O2S. The van der Waals surface area contributed by atoms with Gasteiger partial charge in [0.15, 0.2) is 5.11 Å². The second-order valence-electron chi connectivity index (χ2n) is 5.72. The van der Waals surface area contributed by atoms with Crippen molar-refractivity contribution in [1.82, 2.24) is 10.3 Å². The molecule has 3 rings (SSSR count). The van der Waals surface area contributed by atoms with Crippen molar-refractivity contribution < 1.29 is 4.74 Å². The maximum Gasteiger partial charge on any atom is 0.251 e. The van der Waals surface area contributed by atoms with Crippen LogP contribution in [0.1, 0.15) is 5.56 Å². The van der Waals surface area contributed by atoms with Crippen LogP contribution in [0, 0.1) is 0 Å². The van der Waals surface area contributed by atoms with E-state index < -0.39 is 0 Å². The molecule has 0 bridgehead atoms. The second-order valence-corrected chi connectivity index (χ2v) is 7.04. The summed E-state index contributed by atoms with van der Waals surface area (Å²) in [7, 11) is 1.60. The molecule has 1 heterocycles. The summed E-state index contributed by atoms with van der Waals surface area (Å²) in [5.41, 5.74) is 2.27. The number of methoxy groups -OCH3 is 1. The maximum atomic E-state index is 12.3. The zero-order valence-electron chi connectivity index (χ0n) is 14.1. The zero-order valence-corrected chi connectivity index (χ0v) is 16.5. The van der Waals surface area contributed by atoms with Crippen molar-refractivity contribution in [2.75, 3.05) is 19.0 Å². The van der Waals surface area contributed by atoms with E-state index in [1.165, 1.54) is 0 Å². The average Bonchev–Trinajstić information content (AvgIpc) is 2.61. The Hall–Kier alpha value is -2.38. The molecule has 0 fully saturated rings. The van der Waals surface area contributed by atoms with Crippen molar-refractivity contribution >= 4 is 49.9 Å². The number of H-pyrrole nitrogens is 1. The van der Waals surface area contributed by atoms with Crippen molar-refractivity contribution in [2.24, 2.45) is 0 Å². The van der Waals surface area contributed by atoms with E-state index in [1.807, 2.05) is 48.5 Å². The number of anilines is 1. The van der Waals surface area contributed by atoms with Crippen LogP contribution in [-0.2, 0) is 6.42 Å². The van der Waals surface area contributed by atoms with Crippen LogP contribution < -0.4 is 20.9 Å². The minimum absolute atomic E-state index is 0.0987. The Morgan fingerprint density at radius 2 is 2.08 bits per heavy atom. The van der Waals surface area contributed by atoms with Gasteiger partial charge in [-0.05, 0) is 60.4 Å². The molecule has 5 nitrogen and oxygen atoms in total. The molecule has 1 aromatic heterocycles. The highest BCUT2D eigenvalue weighted by molar-refractivity contribution is 9.10. The Balaban J connectivity index is 1.61. The van der Waals surface area contributed by atoms with E-state index in [-0.39, 0.29) is 5.56 Å². The van der Waals surface area contributed by atoms with E-state index in [0.29, 0.717) is 29.4 Å². The van der Waals surface area contributed by atoms with Gasteiger partial charge in [0.2, 0.25) is 0 Å². The number of thiocarbonyl (C=S) groups is 1. The Bertz CT molecular complexity index is 1000. The molecule has 7 heteroatoms. The summed E-state index contributed by atoms with van der Waals surface area (Å²) < 4.78 is 6.16. The summed E-state index contributed by atoms with van der Waals surface area (Å²) in [5, 5.41) is 7.73. The highest BCUT2D eigenvalue weighted by atomic mass is 79.9. The van der Waals surface area contributed by atoms with Gasteiger partial charge in [-0.2, -0.15) is 0 Å². The second kappa shape index (κ2) is 8.33. The molecule has 3 N–H and O–H groups in total. The summed E-state index contributed by atoms with van der Waals surface area (Å²) in [6.07, 6.45) is 0.567. The molecule has 0 saturated heterocycles. The number of fused-ring (bicyclic) bond motifs is 1. The van der Waals surface area contributed by atoms with Crippen molar-refractivity contribution in [3.8, 4) is 5.75 Å². The van der Waals surface area contributed by atoms with Gasteiger partial charge in [-0.1, -0.05) is 22.0 Å². The minimum atomic E-state index is -0.0987. The Morgan fingerprint density at radius 3 is 2.85 bits per heavy atom. The van der Waals surface area contributed by atoms with Crippen molar-refractivity contribution in [2.45, 2.75) is 6.42 Å². The fourth-order valence-corrected chi connectivity index (χ4v) is 3.21. The molecule has 0 saturated carbocycles. The van der Waals surface area contributed by atoms with Crippen LogP contribution >= 0.6 is 28.1 Å².